The Balaban J connectivity index is 1.63. The highest BCUT2D eigenvalue weighted by molar-refractivity contribution is 5.84. The molecule has 2 aromatic rings. The molecule has 0 bridgehead atoms. The van der Waals surface area contributed by atoms with E-state index < -0.39 is 6.10 Å². The van der Waals surface area contributed by atoms with E-state index in [2.05, 4.69) is 24.0 Å². The van der Waals surface area contributed by atoms with Gasteiger partial charge in [-0.25, -0.2) is 0 Å². The second-order valence-corrected chi connectivity index (χ2v) is 6.56. The predicted molar refractivity (Wildman–Crippen MR) is 88.7 cm³/mol. The fourth-order valence-corrected chi connectivity index (χ4v) is 3.16. The Labute approximate surface area is 136 Å². The van der Waals surface area contributed by atoms with Gasteiger partial charge < -0.3 is 10.0 Å². The molecule has 23 heavy (non-hydrogen) atoms. The van der Waals surface area contributed by atoms with Crippen molar-refractivity contribution in [2.24, 2.45) is 5.92 Å². The van der Waals surface area contributed by atoms with Crippen LogP contribution in [0.25, 0.3) is 0 Å². The number of aromatic nitrogens is 1. The second kappa shape index (κ2) is 6.13. The third-order valence-corrected chi connectivity index (χ3v) is 4.86. The Bertz CT molecular complexity index is 674. The van der Waals surface area contributed by atoms with E-state index in [1.165, 1.54) is 5.56 Å². The van der Waals surface area contributed by atoms with Crippen molar-refractivity contribution in [1.82, 2.24) is 9.88 Å². The Morgan fingerprint density at radius 1 is 1.35 bits per heavy atom. The summed E-state index contributed by atoms with van der Waals surface area (Å²) < 4.78 is 0. The van der Waals surface area contributed by atoms with E-state index in [1.807, 2.05) is 24.3 Å². The lowest BCUT2D eigenvalue weighted by Crippen LogP contribution is -2.34. The molecule has 0 aliphatic heterocycles. The molecular weight excluding hydrogens is 288 g/mol. The number of nitrogens with zero attached hydrogens (tertiary/aromatic N) is 2. The number of rotatable bonds is 5. The van der Waals surface area contributed by atoms with Crippen LogP contribution in [0.5, 0.6) is 0 Å². The molecule has 0 spiro atoms. The molecule has 1 saturated carbocycles. The number of amides is 1. The van der Waals surface area contributed by atoms with Gasteiger partial charge in [0.1, 0.15) is 0 Å². The summed E-state index contributed by atoms with van der Waals surface area (Å²) in [6.45, 7) is 2.42. The predicted octanol–water partition coefficient (Wildman–Crippen LogP) is 2.55. The third-order valence-electron chi connectivity index (χ3n) is 4.86. The minimum Gasteiger partial charge on any atom is -0.386 e. The van der Waals surface area contributed by atoms with E-state index in [4.69, 9.17) is 0 Å². The minimum atomic E-state index is -0.709. The van der Waals surface area contributed by atoms with Gasteiger partial charge >= 0.3 is 0 Å². The van der Waals surface area contributed by atoms with Crippen LogP contribution >= 0.6 is 0 Å². The first-order chi connectivity index (χ1) is 11.0. The van der Waals surface area contributed by atoms with Gasteiger partial charge in [-0.2, -0.15) is 0 Å². The van der Waals surface area contributed by atoms with E-state index in [0.717, 1.165) is 12.0 Å². The standard InChI is InChI=1S/C19H22N2O2/c1-19(15-8-4-3-5-9-15)11-16(19)18(23)21(2)13-17(22)14-7-6-10-20-12-14/h3-10,12,16-17,22H,11,13H2,1-2H3/t16-,17?,19+/m0/s1. The minimum absolute atomic E-state index is 0.00371. The summed E-state index contributed by atoms with van der Waals surface area (Å²) in [5.41, 5.74) is 1.86. The van der Waals surface area contributed by atoms with Crippen LogP contribution in [0, 0.1) is 5.92 Å². The SMILES string of the molecule is CN(CC(O)c1cccnc1)C(=O)[C@@H]1C[C@]1(C)c1ccccc1. The van der Waals surface area contributed by atoms with Crippen molar-refractivity contribution in [2.45, 2.75) is 24.9 Å². The third kappa shape index (κ3) is 3.13. The lowest BCUT2D eigenvalue weighted by atomic mass is 9.95. The molecule has 1 aromatic carbocycles. The van der Waals surface area contributed by atoms with Gasteiger partial charge in [-0.1, -0.05) is 43.3 Å². The Morgan fingerprint density at radius 2 is 2.09 bits per heavy atom. The monoisotopic (exact) mass is 310 g/mol. The van der Waals surface area contributed by atoms with Crippen LogP contribution in [0.3, 0.4) is 0 Å². The van der Waals surface area contributed by atoms with Gasteiger partial charge in [0.2, 0.25) is 5.91 Å². The summed E-state index contributed by atoms with van der Waals surface area (Å²) in [4.78, 5) is 18.3. The van der Waals surface area contributed by atoms with Gasteiger partial charge in [-0.05, 0) is 18.1 Å². The number of hydrogen-bond acceptors (Lipinski definition) is 3. The zero-order valence-electron chi connectivity index (χ0n) is 13.5. The first-order valence-corrected chi connectivity index (χ1v) is 7.91. The summed E-state index contributed by atoms with van der Waals surface area (Å²) >= 11 is 0. The molecule has 1 aliphatic rings. The number of aliphatic hydroxyl groups excluding tert-OH is 1. The van der Waals surface area contributed by atoms with E-state index in [1.54, 1.807) is 30.4 Å². The van der Waals surface area contributed by atoms with Crippen molar-refractivity contribution in [3.8, 4) is 0 Å². The van der Waals surface area contributed by atoms with E-state index in [0.29, 0.717) is 0 Å². The summed E-state index contributed by atoms with van der Waals surface area (Å²) in [7, 11) is 1.76. The molecule has 3 rings (SSSR count). The van der Waals surface area contributed by atoms with Crippen molar-refractivity contribution >= 4 is 5.91 Å². The maximum atomic E-state index is 12.7. The zero-order valence-corrected chi connectivity index (χ0v) is 13.5. The van der Waals surface area contributed by atoms with Crippen molar-refractivity contribution < 1.29 is 9.90 Å². The Hall–Kier alpha value is -2.20. The van der Waals surface area contributed by atoms with Crippen molar-refractivity contribution in [1.29, 1.82) is 0 Å². The van der Waals surface area contributed by atoms with Gasteiger partial charge in [-0.3, -0.25) is 9.78 Å². The topological polar surface area (TPSA) is 53.4 Å². The van der Waals surface area contributed by atoms with Crippen LogP contribution in [-0.4, -0.2) is 34.5 Å². The van der Waals surface area contributed by atoms with Gasteiger partial charge in [0, 0.05) is 36.3 Å². The van der Waals surface area contributed by atoms with Crippen LogP contribution in [0.2, 0.25) is 0 Å². The molecule has 4 heteroatoms. The van der Waals surface area contributed by atoms with Gasteiger partial charge in [0.05, 0.1) is 12.6 Å². The number of aliphatic hydroxyl groups is 1. The first kappa shape index (κ1) is 15.7. The maximum absolute atomic E-state index is 12.7. The fourth-order valence-electron chi connectivity index (χ4n) is 3.16. The highest BCUT2D eigenvalue weighted by Gasteiger charge is 2.56. The quantitative estimate of drug-likeness (QED) is 0.923. The molecule has 1 N–H and O–H groups in total. The summed E-state index contributed by atoms with van der Waals surface area (Å²) in [5.74, 6) is 0.0929. The van der Waals surface area contributed by atoms with Crippen LogP contribution in [0.15, 0.2) is 54.9 Å². The second-order valence-electron chi connectivity index (χ2n) is 6.56. The maximum Gasteiger partial charge on any atom is 0.226 e. The number of benzene rings is 1. The summed E-state index contributed by atoms with van der Waals surface area (Å²) in [6.07, 6.45) is 3.46. The average molecular weight is 310 g/mol. The zero-order chi connectivity index (χ0) is 16.4. The molecule has 0 radical (unpaired) electrons. The summed E-state index contributed by atoms with van der Waals surface area (Å²) in [5, 5.41) is 10.3. The molecule has 1 unspecified atom stereocenters. The molecule has 1 heterocycles. The average Bonchev–Trinajstić information content (AvgIpc) is 3.29. The van der Waals surface area contributed by atoms with Gasteiger partial charge in [0.15, 0.2) is 0 Å². The summed E-state index contributed by atoms with van der Waals surface area (Å²) in [6, 6.07) is 13.8. The van der Waals surface area contributed by atoms with E-state index in [9.17, 15) is 9.90 Å². The van der Waals surface area contributed by atoms with E-state index >= 15 is 0 Å². The lowest BCUT2D eigenvalue weighted by molar-refractivity contribution is -0.133. The fraction of sp³-hybridized carbons (Fsp3) is 0.368. The molecule has 1 aromatic heterocycles. The molecule has 3 atom stereocenters. The van der Waals surface area contributed by atoms with Crippen LogP contribution in [0.1, 0.15) is 30.6 Å². The van der Waals surface area contributed by atoms with E-state index in [-0.39, 0.29) is 23.8 Å². The molecule has 0 saturated heterocycles. The first-order valence-electron chi connectivity index (χ1n) is 7.91. The van der Waals surface area contributed by atoms with Crippen molar-refractivity contribution in [2.75, 3.05) is 13.6 Å². The molecule has 1 fully saturated rings. The van der Waals surface area contributed by atoms with Crippen LogP contribution < -0.4 is 0 Å². The van der Waals surface area contributed by atoms with Crippen LogP contribution in [0.4, 0.5) is 0 Å². The van der Waals surface area contributed by atoms with Crippen LogP contribution in [-0.2, 0) is 10.2 Å². The normalized spacial score (nSPS) is 24.0. The Kier molecular flexibility index (Phi) is 4.18. The smallest absolute Gasteiger partial charge is 0.226 e. The molecule has 1 amide bonds. The number of pyridine rings is 1. The number of carbonyl (C=O) groups is 1. The number of carbonyl (C=O) groups excluding carboxylic acids is 1. The molecule has 4 nitrogen and oxygen atoms in total. The highest BCUT2D eigenvalue weighted by Crippen LogP contribution is 2.54. The Morgan fingerprint density at radius 3 is 2.74 bits per heavy atom. The van der Waals surface area contributed by atoms with Gasteiger partial charge in [0.25, 0.3) is 0 Å². The van der Waals surface area contributed by atoms with Crippen molar-refractivity contribution in [3.63, 3.8) is 0 Å². The largest absolute Gasteiger partial charge is 0.386 e. The molecule has 1 aliphatic carbocycles. The number of likely N-dealkylation sites (N-methyl/N-ethyl adjacent to an activating group) is 1. The molecular formula is C19H22N2O2. The van der Waals surface area contributed by atoms with Gasteiger partial charge in [-0.15, -0.1) is 0 Å². The lowest BCUT2D eigenvalue weighted by Gasteiger charge is -2.22. The van der Waals surface area contributed by atoms with Crippen molar-refractivity contribution in [3.05, 3.63) is 66.0 Å². The molecule has 120 valence electrons. The highest BCUT2D eigenvalue weighted by atomic mass is 16.3. The number of hydrogen-bond donors (Lipinski definition) is 1.